The Morgan fingerprint density at radius 1 is 1.36 bits per heavy atom. The number of hydrogen-bond acceptors (Lipinski definition) is 6. The minimum atomic E-state index is -0.613. The lowest BCUT2D eigenvalue weighted by molar-refractivity contribution is 0.0593. The fraction of sp³-hybridized carbons (Fsp3) is 0.143. The number of nitrogens with two attached hydrogens (primary N) is 1. The summed E-state index contributed by atoms with van der Waals surface area (Å²) < 4.78 is 6.27. The van der Waals surface area contributed by atoms with Gasteiger partial charge in [-0.25, -0.2) is 4.79 Å². The molecule has 3 aromatic rings. The van der Waals surface area contributed by atoms with Crippen LogP contribution in [0.15, 0.2) is 24.4 Å². The minimum Gasteiger partial charge on any atom is -0.464 e. The van der Waals surface area contributed by atoms with Crippen LogP contribution < -0.4 is 5.73 Å². The molecule has 0 amide bonds. The van der Waals surface area contributed by atoms with Gasteiger partial charge < -0.3 is 15.0 Å². The summed E-state index contributed by atoms with van der Waals surface area (Å²) in [5, 5.41) is 17.5. The van der Waals surface area contributed by atoms with E-state index in [2.05, 4.69) is 10.2 Å². The first-order valence-electron chi connectivity index (χ1n) is 6.36. The van der Waals surface area contributed by atoms with Gasteiger partial charge in [-0.05, 0) is 18.2 Å². The van der Waals surface area contributed by atoms with Gasteiger partial charge in [0.25, 0.3) is 0 Å². The van der Waals surface area contributed by atoms with E-state index in [0.717, 1.165) is 5.52 Å². The maximum atomic E-state index is 12.0. The van der Waals surface area contributed by atoms with Gasteiger partial charge in [-0.2, -0.15) is 20.3 Å². The van der Waals surface area contributed by atoms with Crippen LogP contribution in [-0.2, 0) is 11.8 Å². The lowest BCUT2D eigenvalue weighted by Gasteiger charge is -2.08. The van der Waals surface area contributed by atoms with E-state index in [-0.39, 0.29) is 16.9 Å². The van der Waals surface area contributed by atoms with Gasteiger partial charge >= 0.3 is 5.97 Å². The number of benzene rings is 1. The maximum Gasteiger partial charge on any atom is 0.357 e. The topological polar surface area (TPSA) is 112 Å². The molecule has 0 aliphatic carbocycles. The third-order valence-electron chi connectivity index (χ3n) is 3.29. The molecule has 0 radical (unpaired) electrons. The van der Waals surface area contributed by atoms with Crippen LogP contribution in [-0.4, -0.2) is 32.6 Å². The number of nitriles is 1. The van der Waals surface area contributed by atoms with E-state index in [0.29, 0.717) is 11.2 Å². The number of anilines is 1. The highest BCUT2D eigenvalue weighted by Gasteiger charge is 2.21. The molecule has 0 fully saturated rings. The monoisotopic (exact) mass is 296 g/mol. The second-order valence-electron chi connectivity index (χ2n) is 4.64. The summed E-state index contributed by atoms with van der Waals surface area (Å²) >= 11 is 0. The van der Waals surface area contributed by atoms with Crippen molar-refractivity contribution in [2.75, 3.05) is 12.8 Å². The maximum absolute atomic E-state index is 12.0. The molecule has 2 heterocycles. The smallest absolute Gasteiger partial charge is 0.357 e. The van der Waals surface area contributed by atoms with E-state index in [9.17, 15) is 4.79 Å². The van der Waals surface area contributed by atoms with E-state index in [1.54, 1.807) is 25.2 Å². The number of aryl methyl sites for hydroxylation is 1. The molecule has 8 nitrogen and oxygen atoms in total. The molecule has 0 unspecified atom stereocenters. The summed E-state index contributed by atoms with van der Waals surface area (Å²) in [6.45, 7) is 0. The number of fused-ring (bicyclic) bond motifs is 1. The molecule has 0 saturated heterocycles. The molecule has 3 rings (SSSR count). The van der Waals surface area contributed by atoms with Crippen LogP contribution in [0.1, 0.15) is 16.1 Å². The molecular formula is C14H12N6O2. The summed E-state index contributed by atoms with van der Waals surface area (Å²) in [5.41, 5.74) is 8.32. The minimum absolute atomic E-state index is 0.0913. The van der Waals surface area contributed by atoms with E-state index in [1.807, 2.05) is 6.07 Å². The first kappa shape index (κ1) is 13.6. The zero-order valence-electron chi connectivity index (χ0n) is 11.9. The number of esters is 1. The average molecular weight is 296 g/mol. The lowest BCUT2D eigenvalue weighted by Crippen LogP contribution is -2.11. The van der Waals surface area contributed by atoms with E-state index >= 15 is 0 Å². The summed E-state index contributed by atoms with van der Waals surface area (Å²) in [4.78, 5) is 13.4. The molecule has 22 heavy (non-hydrogen) atoms. The highest BCUT2D eigenvalue weighted by Crippen LogP contribution is 2.25. The number of ether oxygens (including phenoxy) is 1. The van der Waals surface area contributed by atoms with Crippen LogP contribution in [0.25, 0.3) is 16.7 Å². The van der Waals surface area contributed by atoms with Crippen LogP contribution >= 0.6 is 0 Å². The fourth-order valence-electron chi connectivity index (χ4n) is 2.28. The number of aromatic nitrogens is 4. The van der Waals surface area contributed by atoms with Crippen LogP contribution in [0, 0.1) is 11.3 Å². The standard InChI is InChI=1S/C14H12N6O2/c1-19-17-10-4-3-9(5-11(10)18-19)20-7-8(6-15)12(16)13(20)14(21)22-2/h3-5,7H,16H2,1-2H3. The third kappa shape index (κ3) is 1.96. The number of methoxy groups -OCH3 is 1. The largest absolute Gasteiger partial charge is 0.464 e. The normalized spacial score (nSPS) is 10.6. The molecule has 110 valence electrons. The van der Waals surface area contributed by atoms with Crippen molar-refractivity contribution in [1.82, 2.24) is 19.6 Å². The first-order chi connectivity index (χ1) is 10.5. The lowest BCUT2D eigenvalue weighted by atomic mass is 10.2. The Morgan fingerprint density at radius 3 is 2.77 bits per heavy atom. The number of carbonyl (C=O) groups is 1. The van der Waals surface area contributed by atoms with Crippen LogP contribution in [0.2, 0.25) is 0 Å². The number of nitrogen functional groups attached to an aromatic ring is 1. The first-order valence-corrected chi connectivity index (χ1v) is 6.36. The Balaban J connectivity index is 2.25. The molecule has 2 aromatic heterocycles. The van der Waals surface area contributed by atoms with Crippen molar-refractivity contribution in [3.05, 3.63) is 35.7 Å². The second kappa shape index (κ2) is 4.89. The Labute approximate surface area is 125 Å². The van der Waals surface area contributed by atoms with Crippen molar-refractivity contribution in [3.8, 4) is 11.8 Å². The Hall–Kier alpha value is -3.34. The summed E-state index contributed by atoms with van der Waals surface area (Å²) in [5.74, 6) is -0.613. The number of rotatable bonds is 2. The fourth-order valence-corrected chi connectivity index (χ4v) is 2.28. The van der Waals surface area contributed by atoms with E-state index < -0.39 is 5.97 Å². The zero-order valence-corrected chi connectivity index (χ0v) is 11.9. The molecule has 0 bridgehead atoms. The van der Waals surface area contributed by atoms with Gasteiger partial charge in [0, 0.05) is 18.9 Å². The van der Waals surface area contributed by atoms with Gasteiger partial charge in [0.05, 0.1) is 18.4 Å². The Morgan fingerprint density at radius 2 is 2.09 bits per heavy atom. The quantitative estimate of drug-likeness (QED) is 0.706. The molecule has 0 spiro atoms. The van der Waals surface area contributed by atoms with Gasteiger partial charge in [-0.15, -0.1) is 0 Å². The molecule has 0 aliphatic rings. The van der Waals surface area contributed by atoms with Gasteiger partial charge in [0.1, 0.15) is 17.1 Å². The van der Waals surface area contributed by atoms with Gasteiger partial charge in [-0.3, -0.25) is 0 Å². The second-order valence-corrected chi connectivity index (χ2v) is 4.64. The summed E-state index contributed by atoms with van der Waals surface area (Å²) in [6.07, 6.45) is 1.50. The predicted octanol–water partition coefficient (Wildman–Crippen LogP) is 0.999. The molecule has 0 atom stereocenters. The third-order valence-corrected chi connectivity index (χ3v) is 3.29. The Kier molecular flexibility index (Phi) is 3.03. The van der Waals surface area contributed by atoms with Gasteiger partial charge in [-0.1, -0.05) is 0 Å². The number of nitrogens with zero attached hydrogens (tertiary/aromatic N) is 5. The summed E-state index contributed by atoms with van der Waals surface area (Å²) in [7, 11) is 2.98. The number of carbonyl (C=O) groups excluding carboxylic acids is 1. The van der Waals surface area contributed by atoms with E-state index in [4.69, 9.17) is 15.7 Å². The highest BCUT2D eigenvalue weighted by atomic mass is 16.5. The van der Waals surface area contributed by atoms with Crippen LogP contribution in [0.4, 0.5) is 5.69 Å². The predicted molar refractivity (Wildman–Crippen MR) is 78.3 cm³/mol. The zero-order chi connectivity index (χ0) is 15.9. The summed E-state index contributed by atoms with van der Waals surface area (Å²) in [6, 6.07) is 7.27. The van der Waals surface area contributed by atoms with Gasteiger partial charge in [0.2, 0.25) is 0 Å². The van der Waals surface area contributed by atoms with Crippen LogP contribution in [0.5, 0.6) is 0 Å². The van der Waals surface area contributed by atoms with Gasteiger partial charge in [0.15, 0.2) is 5.69 Å². The van der Waals surface area contributed by atoms with Crippen molar-refractivity contribution in [1.29, 1.82) is 5.26 Å². The molecule has 2 N–H and O–H groups in total. The van der Waals surface area contributed by atoms with Crippen molar-refractivity contribution in [2.45, 2.75) is 0 Å². The van der Waals surface area contributed by atoms with E-state index in [1.165, 1.54) is 22.7 Å². The number of hydrogen-bond donors (Lipinski definition) is 1. The SMILES string of the molecule is COC(=O)c1c(N)c(C#N)cn1-c1ccc2nn(C)nc2c1. The van der Waals surface area contributed by atoms with Crippen LogP contribution in [0.3, 0.4) is 0 Å². The molecule has 0 saturated carbocycles. The van der Waals surface area contributed by atoms with Crippen molar-refractivity contribution < 1.29 is 9.53 Å². The Bertz CT molecular complexity index is 931. The van der Waals surface area contributed by atoms with Crippen molar-refractivity contribution in [2.24, 2.45) is 7.05 Å². The van der Waals surface area contributed by atoms with Crippen molar-refractivity contribution >= 4 is 22.7 Å². The molecule has 8 heteroatoms. The highest BCUT2D eigenvalue weighted by molar-refractivity contribution is 5.96. The van der Waals surface area contributed by atoms with Crippen molar-refractivity contribution in [3.63, 3.8) is 0 Å². The molecule has 0 aliphatic heterocycles. The molecule has 1 aromatic carbocycles. The average Bonchev–Trinajstić information content (AvgIpc) is 3.04. The molecular weight excluding hydrogens is 284 g/mol.